The van der Waals surface area contributed by atoms with Crippen LogP contribution >= 0.6 is 0 Å². The van der Waals surface area contributed by atoms with Crippen molar-refractivity contribution in [3.63, 3.8) is 0 Å². The van der Waals surface area contributed by atoms with Crippen LogP contribution in [0.5, 0.6) is 0 Å². The summed E-state index contributed by atoms with van der Waals surface area (Å²) < 4.78 is 1.45. The van der Waals surface area contributed by atoms with Gasteiger partial charge in [-0.25, -0.2) is 4.98 Å². The van der Waals surface area contributed by atoms with Gasteiger partial charge in [-0.1, -0.05) is 0 Å². The van der Waals surface area contributed by atoms with Crippen LogP contribution in [0.2, 0.25) is 0 Å². The van der Waals surface area contributed by atoms with E-state index in [1.165, 1.54) is 23.3 Å². The molecule has 0 aliphatic rings. The number of nitrogens with one attached hydrogen (secondary N) is 1. The van der Waals surface area contributed by atoms with Crippen LogP contribution in [0.15, 0.2) is 18.6 Å². The molecule has 2 aromatic heterocycles. The van der Waals surface area contributed by atoms with Crippen LogP contribution in [-0.4, -0.2) is 25.7 Å². The molecule has 0 fully saturated rings. The minimum absolute atomic E-state index is 0.176. The average Bonchev–Trinajstić information content (AvgIpc) is 2.70. The van der Waals surface area contributed by atoms with Crippen LogP contribution in [0.1, 0.15) is 21.7 Å². The number of carbonyl (C=O) groups excluding carboxylic acids is 1. The van der Waals surface area contributed by atoms with Crippen molar-refractivity contribution in [3.8, 4) is 6.07 Å². The highest BCUT2D eigenvalue weighted by Gasteiger charge is 2.13. The maximum absolute atomic E-state index is 11.8. The van der Waals surface area contributed by atoms with Crippen LogP contribution in [0, 0.1) is 18.3 Å². The molecule has 1 amide bonds. The van der Waals surface area contributed by atoms with Crippen molar-refractivity contribution in [1.82, 2.24) is 19.7 Å². The monoisotopic (exact) mass is 242 g/mol. The van der Waals surface area contributed by atoms with E-state index in [-0.39, 0.29) is 11.5 Å². The molecule has 0 aromatic carbocycles. The molecular formula is C11H10N6O. The highest BCUT2D eigenvalue weighted by molar-refractivity contribution is 6.02. The molecule has 7 nitrogen and oxygen atoms in total. The van der Waals surface area contributed by atoms with Crippen LogP contribution in [0.3, 0.4) is 0 Å². The molecule has 90 valence electrons. The summed E-state index contributed by atoms with van der Waals surface area (Å²) in [6, 6.07) is 1.95. The zero-order valence-electron chi connectivity index (χ0n) is 9.88. The van der Waals surface area contributed by atoms with Crippen LogP contribution < -0.4 is 5.32 Å². The van der Waals surface area contributed by atoms with Gasteiger partial charge in [0.25, 0.3) is 5.91 Å². The first-order valence-corrected chi connectivity index (χ1v) is 5.14. The first-order valence-electron chi connectivity index (χ1n) is 5.14. The van der Waals surface area contributed by atoms with E-state index in [2.05, 4.69) is 20.4 Å². The normalized spacial score (nSPS) is 9.83. The van der Waals surface area contributed by atoms with Gasteiger partial charge in [-0.15, -0.1) is 0 Å². The van der Waals surface area contributed by atoms with E-state index in [4.69, 9.17) is 5.26 Å². The number of amides is 1. The van der Waals surface area contributed by atoms with E-state index in [1.54, 1.807) is 14.0 Å². The van der Waals surface area contributed by atoms with E-state index in [9.17, 15) is 4.79 Å². The molecule has 18 heavy (non-hydrogen) atoms. The first-order chi connectivity index (χ1) is 8.60. The number of nitrogens with zero attached hydrogens (tertiary/aromatic N) is 5. The lowest BCUT2D eigenvalue weighted by Gasteiger charge is -2.01. The molecule has 7 heteroatoms. The zero-order valence-corrected chi connectivity index (χ0v) is 9.88. The molecule has 0 aliphatic heterocycles. The number of aromatic nitrogens is 4. The van der Waals surface area contributed by atoms with Crippen LogP contribution in [-0.2, 0) is 7.05 Å². The molecule has 1 N–H and O–H groups in total. The van der Waals surface area contributed by atoms with Gasteiger partial charge < -0.3 is 5.32 Å². The topological polar surface area (TPSA) is 96.5 Å². The van der Waals surface area contributed by atoms with Crippen molar-refractivity contribution >= 4 is 11.7 Å². The molecule has 0 saturated carbocycles. The molecule has 0 unspecified atom stereocenters. The summed E-state index contributed by atoms with van der Waals surface area (Å²) >= 11 is 0. The van der Waals surface area contributed by atoms with Gasteiger partial charge in [-0.05, 0) is 6.92 Å². The van der Waals surface area contributed by atoms with Gasteiger partial charge in [-0.3, -0.25) is 14.5 Å². The Morgan fingerprint density at radius 3 is 2.83 bits per heavy atom. The number of hydrogen-bond acceptors (Lipinski definition) is 5. The molecular weight excluding hydrogens is 232 g/mol. The predicted molar refractivity (Wildman–Crippen MR) is 62.6 cm³/mol. The van der Waals surface area contributed by atoms with Crippen LogP contribution in [0.25, 0.3) is 0 Å². The molecule has 0 radical (unpaired) electrons. The number of rotatable bonds is 2. The maximum atomic E-state index is 11.8. The van der Waals surface area contributed by atoms with E-state index >= 15 is 0 Å². The summed E-state index contributed by atoms with van der Waals surface area (Å²) in [5.74, 6) is -0.231. The molecule has 2 aromatic rings. The summed E-state index contributed by atoms with van der Waals surface area (Å²) in [6.45, 7) is 1.78. The van der Waals surface area contributed by atoms with Crippen molar-refractivity contribution in [2.24, 2.45) is 7.05 Å². The number of nitriles is 1. The van der Waals surface area contributed by atoms with Gasteiger partial charge >= 0.3 is 0 Å². The Bertz CT molecular complexity index is 622. The fraction of sp³-hybridized carbons (Fsp3) is 0.182. The molecule has 2 rings (SSSR count). The predicted octanol–water partition coefficient (Wildman–Crippen LogP) is 0.642. The summed E-state index contributed by atoms with van der Waals surface area (Å²) in [7, 11) is 1.67. The number of anilines is 1. The quantitative estimate of drug-likeness (QED) is 0.833. The van der Waals surface area contributed by atoms with Crippen LogP contribution in [0.4, 0.5) is 5.82 Å². The minimum Gasteiger partial charge on any atom is -0.303 e. The van der Waals surface area contributed by atoms with Crippen molar-refractivity contribution in [2.75, 3.05) is 5.32 Å². The second-order valence-corrected chi connectivity index (χ2v) is 3.67. The van der Waals surface area contributed by atoms with Crippen molar-refractivity contribution in [2.45, 2.75) is 6.92 Å². The minimum atomic E-state index is -0.447. The number of aryl methyl sites for hydroxylation is 2. The molecule has 0 saturated heterocycles. The first kappa shape index (κ1) is 11.7. The average molecular weight is 242 g/mol. The lowest BCUT2D eigenvalue weighted by molar-refractivity contribution is 0.102. The standard InChI is InChI=1S/C11H10N6O/c1-7-4-14-9(5-13-7)11(18)15-10-8(3-12)6-17(2)16-10/h4-6H,1-2H3,(H,15,16,18). The SMILES string of the molecule is Cc1cnc(C(=O)Nc2nn(C)cc2C#N)cn1. The fourth-order valence-corrected chi connectivity index (χ4v) is 1.34. The summed E-state index contributed by atoms with van der Waals surface area (Å²) in [4.78, 5) is 19.8. The van der Waals surface area contributed by atoms with Crippen molar-refractivity contribution in [1.29, 1.82) is 5.26 Å². The molecule has 0 spiro atoms. The van der Waals surface area contributed by atoms with Crippen molar-refractivity contribution in [3.05, 3.63) is 35.5 Å². The second kappa shape index (κ2) is 4.63. The second-order valence-electron chi connectivity index (χ2n) is 3.67. The molecule has 0 bridgehead atoms. The molecule has 0 aliphatic carbocycles. The third kappa shape index (κ3) is 2.32. The summed E-state index contributed by atoms with van der Waals surface area (Å²) in [5.41, 5.74) is 1.20. The zero-order chi connectivity index (χ0) is 13.1. The lowest BCUT2D eigenvalue weighted by atomic mass is 10.3. The van der Waals surface area contributed by atoms with Gasteiger partial charge in [0.15, 0.2) is 5.82 Å². The Morgan fingerprint density at radius 2 is 2.22 bits per heavy atom. The van der Waals surface area contributed by atoms with E-state index < -0.39 is 5.91 Å². The highest BCUT2D eigenvalue weighted by atomic mass is 16.2. The highest BCUT2D eigenvalue weighted by Crippen LogP contribution is 2.11. The van der Waals surface area contributed by atoms with E-state index in [1.807, 2.05) is 6.07 Å². The fourth-order valence-electron chi connectivity index (χ4n) is 1.34. The van der Waals surface area contributed by atoms with Gasteiger partial charge in [0.05, 0.1) is 11.9 Å². The third-order valence-electron chi connectivity index (χ3n) is 2.19. The maximum Gasteiger partial charge on any atom is 0.277 e. The van der Waals surface area contributed by atoms with E-state index in [0.717, 1.165) is 5.69 Å². The lowest BCUT2D eigenvalue weighted by Crippen LogP contribution is -2.15. The molecule has 2 heterocycles. The van der Waals surface area contributed by atoms with Gasteiger partial charge in [-0.2, -0.15) is 10.4 Å². The van der Waals surface area contributed by atoms with Gasteiger partial charge in [0.1, 0.15) is 17.3 Å². The van der Waals surface area contributed by atoms with E-state index in [0.29, 0.717) is 5.56 Å². The smallest absolute Gasteiger partial charge is 0.277 e. The molecule has 0 atom stereocenters. The van der Waals surface area contributed by atoms with Crippen molar-refractivity contribution < 1.29 is 4.79 Å². The Kier molecular flexibility index (Phi) is 3.02. The Balaban J connectivity index is 2.21. The Labute approximate surface area is 103 Å². The van der Waals surface area contributed by atoms with Gasteiger partial charge in [0.2, 0.25) is 0 Å². The third-order valence-corrected chi connectivity index (χ3v) is 2.19. The summed E-state index contributed by atoms with van der Waals surface area (Å²) in [6.07, 6.45) is 4.40. The largest absolute Gasteiger partial charge is 0.303 e. The Hall–Kier alpha value is -2.75. The summed E-state index contributed by atoms with van der Waals surface area (Å²) in [5, 5.41) is 15.4. The number of carbonyl (C=O) groups is 1. The number of hydrogen-bond donors (Lipinski definition) is 1. The Morgan fingerprint density at radius 1 is 1.44 bits per heavy atom. The van der Waals surface area contributed by atoms with Gasteiger partial charge in [0, 0.05) is 19.4 Å².